The van der Waals surface area contributed by atoms with Crippen LogP contribution in [0.1, 0.15) is 5.56 Å². The number of nitrogens with two attached hydrogens (primary N) is 2. The predicted molar refractivity (Wildman–Crippen MR) is 47.7 cm³/mol. The van der Waals surface area contributed by atoms with E-state index in [1.165, 1.54) is 6.07 Å². The van der Waals surface area contributed by atoms with Gasteiger partial charge in [-0.05, 0) is 12.1 Å². The quantitative estimate of drug-likeness (QED) is 0.372. The Balaban J connectivity index is 3.14. The van der Waals surface area contributed by atoms with Gasteiger partial charge < -0.3 is 21.7 Å². The lowest BCUT2D eigenvalue weighted by atomic mass is 10.1. The van der Waals surface area contributed by atoms with Crippen LogP contribution in [0.15, 0.2) is 12.1 Å². The molecule has 0 fully saturated rings. The fourth-order valence-electron chi connectivity index (χ4n) is 1.04. The van der Waals surface area contributed by atoms with Crippen molar-refractivity contribution in [3.05, 3.63) is 17.7 Å². The van der Waals surface area contributed by atoms with E-state index in [0.29, 0.717) is 17.7 Å². The zero-order valence-electron chi connectivity index (χ0n) is 6.62. The number of phenols is 1. The summed E-state index contributed by atoms with van der Waals surface area (Å²) in [6.45, 7) is -0.0544. The monoisotopic (exact) mass is 168 g/mol. The minimum atomic E-state index is -0.0544. The van der Waals surface area contributed by atoms with Gasteiger partial charge in [0.1, 0.15) is 5.75 Å². The molecule has 66 valence electrons. The molecule has 0 unspecified atom stereocenters. The van der Waals surface area contributed by atoms with Gasteiger partial charge in [-0.3, -0.25) is 0 Å². The number of aliphatic hydroxyl groups is 1. The van der Waals surface area contributed by atoms with Crippen molar-refractivity contribution in [3.8, 4) is 5.75 Å². The molecule has 0 radical (unpaired) electrons. The van der Waals surface area contributed by atoms with Crippen LogP contribution >= 0.6 is 0 Å². The number of hydrogen-bond donors (Lipinski definition) is 4. The van der Waals surface area contributed by atoms with Gasteiger partial charge >= 0.3 is 0 Å². The van der Waals surface area contributed by atoms with E-state index in [1.54, 1.807) is 6.07 Å². The Morgan fingerprint density at radius 2 is 1.75 bits per heavy atom. The van der Waals surface area contributed by atoms with Crippen LogP contribution in [-0.4, -0.2) is 16.8 Å². The van der Waals surface area contributed by atoms with Crippen LogP contribution in [0.3, 0.4) is 0 Å². The van der Waals surface area contributed by atoms with Crippen LogP contribution in [0, 0.1) is 0 Å². The van der Waals surface area contributed by atoms with Crippen molar-refractivity contribution >= 4 is 11.4 Å². The summed E-state index contributed by atoms with van der Waals surface area (Å²) in [4.78, 5) is 0. The van der Waals surface area contributed by atoms with E-state index in [9.17, 15) is 5.11 Å². The predicted octanol–water partition coefficient (Wildman–Crippen LogP) is 0.0914. The Bertz CT molecular complexity index is 287. The number of phenolic OH excluding ortho intramolecular Hbond substituents is 1. The minimum absolute atomic E-state index is 0.0240. The molecule has 0 aliphatic heterocycles. The lowest BCUT2D eigenvalue weighted by molar-refractivity contribution is 0.298. The summed E-state index contributed by atoms with van der Waals surface area (Å²) in [6, 6.07) is 3.14. The number of hydrogen-bond acceptors (Lipinski definition) is 4. The maximum Gasteiger partial charge on any atom is 0.143 e. The maximum atomic E-state index is 9.39. The molecule has 6 N–H and O–H groups in total. The molecule has 4 nitrogen and oxygen atoms in total. The molecule has 0 saturated carbocycles. The van der Waals surface area contributed by atoms with Gasteiger partial charge in [0.25, 0.3) is 0 Å². The van der Waals surface area contributed by atoms with Gasteiger partial charge in [0, 0.05) is 24.3 Å². The molecule has 0 amide bonds. The molecule has 0 atom stereocenters. The molecule has 1 rings (SSSR count). The summed E-state index contributed by atoms with van der Waals surface area (Å²) < 4.78 is 0. The summed E-state index contributed by atoms with van der Waals surface area (Å²) >= 11 is 0. The molecule has 1 aromatic carbocycles. The highest BCUT2D eigenvalue weighted by Gasteiger charge is 2.07. The summed E-state index contributed by atoms with van der Waals surface area (Å²) in [5.41, 5.74) is 12.2. The van der Waals surface area contributed by atoms with Gasteiger partial charge in [0.15, 0.2) is 0 Å². The molecule has 0 bridgehead atoms. The number of rotatable bonds is 2. The van der Waals surface area contributed by atoms with E-state index < -0.39 is 0 Å². The average molecular weight is 168 g/mol. The van der Waals surface area contributed by atoms with Crippen LogP contribution in [0.25, 0.3) is 0 Å². The van der Waals surface area contributed by atoms with E-state index in [1.807, 2.05) is 0 Å². The smallest absolute Gasteiger partial charge is 0.143 e. The van der Waals surface area contributed by atoms with E-state index in [2.05, 4.69) is 0 Å². The van der Waals surface area contributed by atoms with E-state index >= 15 is 0 Å². The Hall–Kier alpha value is -1.42. The number of benzene rings is 1. The first-order valence-electron chi connectivity index (χ1n) is 3.63. The molecule has 0 spiro atoms. The van der Waals surface area contributed by atoms with Gasteiger partial charge in [-0.2, -0.15) is 0 Å². The largest absolute Gasteiger partial charge is 0.505 e. The molecule has 0 heterocycles. The first-order valence-corrected chi connectivity index (χ1v) is 3.63. The van der Waals surface area contributed by atoms with E-state index in [0.717, 1.165) is 0 Å². The third kappa shape index (κ3) is 1.43. The molecule has 4 heteroatoms. The molecular formula is C8H12N2O2. The highest BCUT2D eigenvalue weighted by Crippen LogP contribution is 2.29. The summed E-state index contributed by atoms with van der Waals surface area (Å²) in [6.07, 6.45) is 0.322. The fraction of sp³-hybridized carbons (Fsp3) is 0.250. The Labute approximate surface area is 70.4 Å². The zero-order valence-corrected chi connectivity index (χ0v) is 6.62. The van der Waals surface area contributed by atoms with E-state index in [-0.39, 0.29) is 18.0 Å². The van der Waals surface area contributed by atoms with Crippen molar-refractivity contribution in [2.24, 2.45) is 0 Å². The van der Waals surface area contributed by atoms with Gasteiger partial charge in [-0.15, -0.1) is 0 Å². The van der Waals surface area contributed by atoms with Crippen molar-refractivity contribution in [1.82, 2.24) is 0 Å². The van der Waals surface area contributed by atoms with Crippen LogP contribution in [-0.2, 0) is 6.42 Å². The average Bonchev–Trinajstić information content (AvgIpc) is 2.06. The van der Waals surface area contributed by atoms with Crippen LogP contribution < -0.4 is 11.5 Å². The molecule has 0 aliphatic rings. The highest BCUT2D eigenvalue weighted by atomic mass is 16.3. The topological polar surface area (TPSA) is 92.5 Å². The molecule has 0 saturated heterocycles. The third-order valence-electron chi connectivity index (χ3n) is 1.71. The van der Waals surface area contributed by atoms with Crippen molar-refractivity contribution in [1.29, 1.82) is 0 Å². The fourth-order valence-corrected chi connectivity index (χ4v) is 1.04. The van der Waals surface area contributed by atoms with Crippen molar-refractivity contribution < 1.29 is 10.2 Å². The standard InChI is InChI=1S/C8H12N2O2/c9-6-1-2-7(10)8(12)5(6)3-4-11/h1-2,11-12H,3-4,9-10H2. The Kier molecular flexibility index (Phi) is 2.40. The molecule has 12 heavy (non-hydrogen) atoms. The third-order valence-corrected chi connectivity index (χ3v) is 1.71. The number of anilines is 2. The lowest BCUT2D eigenvalue weighted by Gasteiger charge is -2.08. The highest BCUT2D eigenvalue weighted by molar-refractivity contribution is 5.65. The van der Waals surface area contributed by atoms with Crippen LogP contribution in [0.4, 0.5) is 11.4 Å². The second-order valence-electron chi connectivity index (χ2n) is 2.54. The first-order chi connectivity index (χ1) is 5.66. The molecule has 0 aromatic heterocycles. The Morgan fingerprint density at radius 3 is 2.33 bits per heavy atom. The molecular weight excluding hydrogens is 156 g/mol. The minimum Gasteiger partial charge on any atom is -0.505 e. The van der Waals surface area contributed by atoms with Gasteiger partial charge in [0.05, 0.1) is 5.69 Å². The lowest BCUT2D eigenvalue weighted by Crippen LogP contribution is -2.00. The second-order valence-corrected chi connectivity index (χ2v) is 2.54. The number of aliphatic hydroxyl groups excluding tert-OH is 1. The normalized spacial score (nSPS) is 10.1. The SMILES string of the molecule is Nc1ccc(N)c(CCO)c1O. The van der Waals surface area contributed by atoms with Crippen molar-refractivity contribution in [2.75, 3.05) is 18.1 Å². The molecule has 1 aromatic rings. The summed E-state index contributed by atoms with van der Waals surface area (Å²) in [5.74, 6) is -0.0240. The maximum absolute atomic E-state index is 9.39. The van der Waals surface area contributed by atoms with Crippen LogP contribution in [0.2, 0.25) is 0 Å². The number of aromatic hydroxyl groups is 1. The van der Waals surface area contributed by atoms with Gasteiger partial charge in [0.2, 0.25) is 0 Å². The van der Waals surface area contributed by atoms with Gasteiger partial charge in [-0.25, -0.2) is 0 Å². The van der Waals surface area contributed by atoms with Crippen LogP contribution in [0.5, 0.6) is 5.75 Å². The van der Waals surface area contributed by atoms with E-state index in [4.69, 9.17) is 16.6 Å². The first kappa shape index (κ1) is 8.67. The summed E-state index contributed by atoms with van der Waals surface area (Å²) in [7, 11) is 0. The second kappa shape index (κ2) is 3.32. The van der Waals surface area contributed by atoms with Crippen molar-refractivity contribution in [2.45, 2.75) is 6.42 Å². The summed E-state index contributed by atoms with van der Waals surface area (Å²) in [5, 5.41) is 18.0. The van der Waals surface area contributed by atoms with Gasteiger partial charge in [-0.1, -0.05) is 0 Å². The molecule has 0 aliphatic carbocycles. The van der Waals surface area contributed by atoms with Crippen molar-refractivity contribution in [3.63, 3.8) is 0 Å². The Morgan fingerprint density at radius 1 is 1.17 bits per heavy atom. The number of nitrogen functional groups attached to an aromatic ring is 2. The zero-order chi connectivity index (χ0) is 9.14.